The van der Waals surface area contributed by atoms with Crippen molar-refractivity contribution in [2.24, 2.45) is 11.3 Å². The molecule has 0 spiro atoms. The van der Waals surface area contributed by atoms with E-state index in [1.54, 1.807) is 6.92 Å². The van der Waals surface area contributed by atoms with Crippen LogP contribution < -0.4 is 5.32 Å². The summed E-state index contributed by atoms with van der Waals surface area (Å²) in [6, 6.07) is 0. The molecule has 1 heterocycles. The molecule has 1 unspecified atom stereocenters. The SMILES string of the molecule is Cc1noc(CNC(=O)C(C)C(C)(C)C)n1. The van der Waals surface area contributed by atoms with Gasteiger partial charge >= 0.3 is 0 Å². The minimum Gasteiger partial charge on any atom is -0.347 e. The van der Waals surface area contributed by atoms with Crippen molar-refractivity contribution in [3.8, 4) is 0 Å². The third-order valence-corrected chi connectivity index (χ3v) is 2.68. The van der Waals surface area contributed by atoms with Crippen LogP contribution in [-0.4, -0.2) is 16.0 Å². The summed E-state index contributed by atoms with van der Waals surface area (Å²) in [7, 11) is 0. The van der Waals surface area contributed by atoms with Gasteiger partial charge in [-0.25, -0.2) is 0 Å². The number of aromatic nitrogens is 2. The van der Waals surface area contributed by atoms with Crippen molar-refractivity contribution >= 4 is 5.91 Å². The highest BCUT2D eigenvalue weighted by Crippen LogP contribution is 2.25. The second-order valence-corrected chi connectivity index (χ2v) is 5.04. The van der Waals surface area contributed by atoms with E-state index in [0.29, 0.717) is 18.3 Å². The van der Waals surface area contributed by atoms with Gasteiger partial charge in [0.25, 0.3) is 0 Å². The van der Waals surface area contributed by atoms with Crippen LogP contribution in [-0.2, 0) is 11.3 Å². The Kier molecular flexibility index (Phi) is 3.67. The zero-order valence-corrected chi connectivity index (χ0v) is 10.5. The molecule has 0 radical (unpaired) electrons. The fourth-order valence-corrected chi connectivity index (χ4v) is 1.12. The molecule has 5 heteroatoms. The third kappa shape index (κ3) is 3.32. The summed E-state index contributed by atoms with van der Waals surface area (Å²) >= 11 is 0. The van der Waals surface area contributed by atoms with E-state index < -0.39 is 0 Å². The molecule has 0 aliphatic carbocycles. The summed E-state index contributed by atoms with van der Waals surface area (Å²) in [5, 5.41) is 6.43. The molecule has 90 valence electrons. The smallest absolute Gasteiger partial charge is 0.246 e. The highest BCUT2D eigenvalue weighted by molar-refractivity contribution is 5.78. The van der Waals surface area contributed by atoms with Crippen LogP contribution in [0.25, 0.3) is 0 Å². The van der Waals surface area contributed by atoms with Crippen LogP contribution in [0.1, 0.15) is 39.4 Å². The Morgan fingerprint density at radius 1 is 1.50 bits per heavy atom. The normalized spacial score (nSPS) is 13.6. The van der Waals surface area contributed by atoms with E-state index in [-0.39, 0.29) is 17.2 Å². The largest absolute Gasteiger partial charge is 0.347 e. The van der Waals surface area contributed by atoms with Crippen molar-refractivity contribution in [3.63, 3.8) is 0 Å². The van der Waals surface area contributed by atoms with E-state index in [1.165, 1.54) is 0 Å². The summed E-state index contributed by atoms with van der Waals surface area (Å²) in [5.74, 6) is 0.958. The predicted octanol–water partition coefficient (Wildman–Crippen LogP) is 1.68. The molecule has 1 rings (SSSR count). The van der Waals surface area contributed by atoms with Gasteiger partial charge in [-0.3, -0.25) is 4.79 Å². The van der Waals surface area contributed by atoms with Crippen molar-refractivity contribution in [2.45, 2.75) is 41.2 Å². The molecule has 16 heavy (non-hydrogen) atoms. The molecule has 0 aliphatic heterocycles. The van der Waals surface area contributed by atoms with Crippen molar-refractivity contribution in [1.29, 1.82) is 0 Å². The van der Waals surface area contributed by atoms with Gasteiger partial charge in [-0.05, 0) is 12.3 Å². The van der Waals surface area contributed by atoms with Crippen LogP contribution in [0.5, 0.6) is 0 Å². The topological polar surface area (TPSA) is 68.0 Å². The zero-order chi connectivity index (χ0) is 12.3. The van der Waals surface area contributed by atoms with Gasteiger partial charge in [0.2, 0.25) is 11.8 Å². The lowest BCUT2D eigenvalue weighted by molar-refractivity contribution is -0.127. The second-order valence-electron chi connectivity index (χ2n) is 5.04. The molecule has 0 saturated heterocycles. The minimum atomic E-state index is -0.0588. The summed E-state index contributed by atoms with van der Waals surface area (Å²) in [6.07, 6.45) is 0. The fourth-order valence-electron chi connectivity index (χ4n) is 1.12. The zero-order valence-electron chi connectivity index (χ0n) is 10.5. The lowest BCUT2D eigenvalue weighted by Crippen LogP contribution is -2.35. The van der Waals surface area contributed by atoms with Crippen molar-refractivity contribution < 1.29 is 9.32 Å². The Labute approximate surface area is 95.6 Å². The standard InChI is InChI=1S/C11H19N3O2/c1-7(11(3,4)5)10(15)12-6-9-13-8(2)14-16-9/h7H,6H2,1-5H3,(H,12,15). The molecular weight excluding hydrogens is 206 g/mol. The average molecular weight is 225 g/mol. The molecule has 1 N–H and O–H groups in total. The van der Waals surface area contributed by atoms with Crippen LogP contribution in [0.4, 0.5) is 0 Å². The second kappa shape index (κ2) is 4.63. The number of amides is 1. The number of carbonyl (C=O) groups is 1. The molecule has 0 saturated carbocycles. The lowest BCUT2D eigenvalue weighted by atomic mass is 9.81. The van der Waals surface area contributed by atoms with Crippen LogP contribution in [0.15, 0.2) is 4.52 Å². The van der Waals surface area contributed by atoms with E-state index in [0.717, 1.165) is 0 Å². The minimum absolute atomic E-state index is 0.00310. The van der Waals surface area contributed by atoms with Crippen molar-refractivity contribution in [2.75, 3.05) is 0 Å². The molecule has 1 aromatic rings. The van der Waals surface area contributed by atoms with Gasteiger partial charge in [0.05, 0.1) is 6.54 Å². The van der Waals surface area contributed by atoms with Gasteiger partial charge in [0, 0.05) is 5.92 Å². The lowest BCUT2D eigenvalue weighted by Gasteiger charge is -2.25. The average Bonchev–Trinajstić information content (AvgIpc) is 2.58. The Hall–Kier alpha value is -1.39. The Balaban J connectivity index is 2.47. The van der Waals surface area contributed by atoms with Crippen molar-refractivity contribution in [3.05, 3.63) is 11.7 Å². The summed E-state index contributed by atoms with van der Waals surface area (Å²) in [6.45, 7) is 10.1. The first kappa shape index (κ1) is 12.7. The Morgan fingerprint density at radius 2 is 2.12 bits per heavy atom. The molecular formula is C11H19N3O2. The van der Waals surface area contributed by atoms with Gasteiger partial charge in [-0.15, -0.1) is 0 Å². The van der Waals surface area contributed by atoms with E-state index >= 15 is 0 Å². The van der Waals surface area contributed by atoms with Crippen molar-refractivity contribution in [1.82, 2.24) is 15.5 Å². The number of rotatable bonds is 3. The first-order valence-electron chi connectivity index (χ1n) is 5.37. The van der Waals surface area contributed by atoms with Gasteiger partial charge in [-0.2, -0.15) is 4.98 Å². The molecule has 0 fully saturated rings. The maximum Gasteiger partial charge on any atom is 0.246 e. The monoisotopic (exact) mass is 225 g/mol. The summed E-state index contributed by atoms with van der Waals surface area (Å²) in [4.78, 5) is 15.8. The van der Waals surface area contributed by atoms with E-state index in [4.69, 9.17) is 4.52 Å². The van der Waals surface area contributed by atoms with E-state index in [2.05, 4.69) is 15.5 Å². The first-order chi connectivity index (χ1) is 7.30. The van der Waals surface area contributed by atoms with Crippen LogP contribution >= 0.6 is 0 Å². The van der Waals surface area contributed by atoms with Crippen LogP contribution in [0.3, 0.4) is 0 Å². The number of nitrogens with zero attached hydrogens (tertiary/aromatic N) is 2. The third-order valence-electron chi connectivity index (χ3n) is 2.68. The molecule has 0 aliphatic rings. The first-order valence-corrected chi connectivity index (χ1v) is 5.37. The summed E-state index contributed by atoms with van der Waals surface area (Å²) in [5.41, 5.74) is -0.0468. The Bertz CT molecular complexity index is 366. The molecule has 1 atom stereocenters. The number of carbonyl (C=O) groups excluding carboxylic acids is 1. The van der Waals surface area contributed by atoms with E-state index in [1.807, 2.05) is 27.7 Å². The predicted molar refractivity (Wildman–Crippen MR) is 59.5 cm³/mol. The number of hydrogen-bond donors (Lipinski definition) is 1. The number of hydrogen-bond acceptors (Lipinski definition) is 4. The van der Waals surface area contributed by atoms with Gasteiger partial charge in [0.15, 0.2) is 5.82 Å². The maximum absolute atomic E-state index is 11.8. The number of nitrogens with one attached hydrogen (secondary N) is 1. The Morgan fingerprint density at radius 3 is 2.56 bits per heavy atom. The molecule has 1 aromatic heterocycles. The van der Waals surface area contributed by atoms with Gasteiger partial charge in [0.1, 0.15) is 0 Å². The van der Waals surface area contributed by atoms with Gasteiger partial charge < -0.3 is 9.84 Å². The fraction of sp³-hybridized carbons (Fsp3) is 0.727. The van der Waals surface area contributed by atoms with E-state index in [9.17, 15) is 4.79 Å². The maximum atomic E-state index is 11.8. The number of aryl methyl sites for hydroxylation is 1. The molecule has 0 bridgehead atoms. The highest BCUT2D eigenvalue weighted by Gasteiger charge is 2.26. The van der Waals surface area contributed by atoms with Crippen LogP contribution in [0, 0.1) is 18.3 Å². The van der Waals surface area contributed by atoms with Crippen LogP contribution in [0.2, 0.25) is 0 Å². The molecule has 1 amide bonds. The molecule has 0 aromatic carbocycles. The quantitative estimate of drug-likeness (QED) is 0.849. The highest BCUT2D eigenvalue weighted by atomic mass is 16.5. The summed E-state index contributed by atoms with van der Waals surface area (Å²) < 4.78 is 4.90. The van der Waals surface area contributed by atoms with Gasteiger partial charge in [-0.1, -0.05) is 32.9 Å². The molecule has 5 nitrogen and oxygen atoms in total.